The minimum atomic E-state index is -1.09. The van der Waals surface area contributed by atoms with Gasteiger partial charge >= 0.3 is 6.09 Å². The minimum absolute atomic E-state index is 0.217. The Kier molecular flexibility index (Phi) is 4.43. The van der Waals surface area contributed by atoms with Gasteiger partial charge in [0.1, 0.15) is 11.0 Å². The van der Waals surface area contributed by atoms with Crippen molar-refractivity contribution >= 4 is 17.7 Å². The van der Waals surface area contributed by atoms with Crippen molar-refractivity contribution in [3.8, 4) is 11.1 Å². The van der Waals surface area contributed by atoms with E-state index in [0.717, 1.165) is 17.3 Å². The van der Waals surface area contributed by atoms with Crippen LogP contribution in [0.4, 0.5) is 9.18 Å². The predicted octanol–water partition coefficient (Wildman–Crippen LogP) is 4.18. The van der Waals surface area contributed by atoms with Crippen LogP contribution in [0.15, 0.2) is 30.5 Å². The number of hydrogen-bond acceptors (Lipinski definition) is 2. The Hall–Kier alpha value is -2.14. The number of hydrogen-bond donors (Lipinski definition) is 2. The zero-order chi connectivity index (χ0) is 15.6. The molecule has 1 aromatic heterocycles. The van der Waals surface area contributed by atoms with Crippen molar-refractivity contribution in [2.24, 2.45) is 0 Å². The van der Waals surface area contributed by atoms with Crippen molar-refractivity contribution in [3.05, 3.63) is 52.6 Å². The van der Waals surface area contributed by atoms with Gasteiger partial charge in [0.05, 0.1) is 12.2 Å². The quantitative estimate of drug-likeness (QED) is 0.836. The molecule has 0 aliphatic rings. The van der Waals surface area contributed by atoms with Crippen LogP contribution < -0.4 is 5.32 Å². The molecule has 1 atom stereocenters. The van der Waals surface area contributed by atoms with E-state index >= 15 is 0 Å². The zero-order valence-corrected chi connectivity index (χ0v) is 12.3. The molecule has 1 unspecified atom stereocenters. The zero-order valence-electron chi connectivity index (χ0n) is 11.5. The smallest absolute Gasteiger partial charge is 0.405 e. The second-order valence-corrected chi connectivity index (χ2v) is 5.12. The van der Waals surface area contributed by atoms with Crippen molar-refractivity contribution in [2.75, 3.05) is 0 Å². The number of halogens is 2. The van der Waals surface area contributed by atoms with Gasteiger partial charge in [0.25, 0.3) is 0 Å². The Bertz CT molecular complexity index is 691. The lowest BCUT2D eigenvalue weighted by Crippen LogP contribution is -2.24. The number of aromatic nitrogens is 1. The molecule has 0 radical (unpaired) electrons. The first-order chi connectivity index (χ1) is 9.88. The molecule has 2 N–H and O–H groups in total. The molecule has 1 heterocycles. The summed E-state index contributed by atoms with van der Waals surface area (Å²) in [6.07, 6.45) is -0.00636. The van der Waals surface area contributed by atoms with Crippen LogP contribution in [0.2, 0.25) is 5.15 Å². The SMILES string of the molecule is Cc1cc(-c2cc(Cl)ncc2F)ccc1C(C)NC(=O)O. The van der Waals surface area contributed by atoms with E-state index in [1.54, 1.807) is 25.1 Å². The predicted molar refractivity (Wildman–Crippen MR) is 79.0 cm³/mol. The average Bonchev–Trinajstić information content (AvgIpc) is 2.40. The lowest BCUT2D eigenvalue weighted by atomic mass is 9.97. The van der Waals surface area contributed by atoms with Crippen molar-refractivity contribution < 1.29 is 14.3 Å². The summed E-state index contributed by atoms with van der Waals surface area (Å²) in [6, 6.07) is 6.42. The van der Waals surface area contributed by atoms with Gasteiger partial charge in [0.2, 0.25) is 0 Å². The van der Waals surface area contributed by atoms with E-state index in [0.29, 0.717) is 11.1 Å². The number of benzene rings is 1. The summed E-state index contributed by atoms with van der Waals surface area (Å²) in [5.74, 6) is -0.455. The first kappa shape index (κ1) is 15.3. The number of aryl methyl sites for hydroxylation is 1. The van der Waals surface area contributed by atoms with Crippen molar-refractivity contribution in [1.29, 1.82) is 0 Å². The van der Waals surface area contributed by atoms with Crippen LogP contribution in [-0.2, 0) is 0 Å². The van der Waals surface area contributed by atoms with Crippen LogP contribution in [0, 0.1) is 12.7 Å². The number of rotatable bonds is 3. The van der Waals surface area contributed by atoms with E-state index in [1.807, 2.05) is 6.92 Å². The number of pyridine rings is 1. The van der Waals surface area contributed by atoms with E-state index in [4.69, 9.17) is 16.7 Å². The van der Waals surface area contributed by atoms with Gasteiger partial charge in [-0.1, -0.05) is 29.8 Å². The van der Waals surface area contributed by atoms with Gasteiger partial charge in [-0.15, -0.1) is 0 Å². The molecular weight excluding hydrogens is 295 g/mol. The second kappa shape index (κ2) is 6.10. The van der Waals surface area contributed by atoms with Gasteiger partial charge < -0.3 is 10.4 Å². The van der Waals surface area contributed by atoms with E-state index in [9.17, 15) is 9.18 Å². The molecule has 0 aliphatic carbocycles. The largest absolute Gasteiger partial charge is 0.465 e. The summed E-state index contributed by atoms with van der Waals surface area (Å²) in [4.78, 5) is 14.4. The molecule has 2 aromatic rings. The maximum Gasteiger partial charge on any atom is 0.405 e. The van der Waals surface area contributed by atoms with Crippen LogP contribution in [-0.4, -0.2) is 16.2 Å². The van der Waals surface area contributed by atoms with Crippen molar-refractivity contribution in [2.45, 2.75) is 19.9 Å². The molecule has 2 rings (SSSR count). The van der Waals surface area contributed by atoms with Gasteiger partial charge in [-0.05, 0) is 36.6 Å². The number of nitrogens with zero attached hydrogens (tertiary/aromatic N) is 1. The molecular formula is C15H14ClFN2O2. The van der Waals surface area contributed by atoms with Crippen LogP contribution in [0.5, 0.6) is 0 Å². The van der Waals surface area contributed by atoms with Crippen LogP contribution in [0.3, 0.4) is 0 Å². The molecule has 0 bridgehead atoms. The Morgan fingerprint density at radius 1 is 1.43 bits per heavy atom. The standard InChI is InChI=1S/C15H14ClFN2O2/c1-8-5-10(12-6-14(16)18-7-13(12)17)3-4-11(8)9(2)19-15(20)21/h3-7,9,19H,1-2H3,(H,20,21). The lowest BCUT2D eigenvalue weighted by Gasteiger charge is -2.16. The Morgan fingerprint density at radius 2 is 2.14 bits per heavy atom. The number of nitrogens with one attached hydrogen (secondary N) is 1. The van der Waals surface area contributed by atoms with Crippen molar-refractivity contribution in [3.63, 3.8) is 0 Å². The van der Waals surface area contributed by atoms with Gasteiger partial charge in [-0.2, -0.15) is 0 Å². The summed E-state index contributed by atoms with van der Waals surface area (Å²) in [5.41, 5.74) is 2.73. The third-order valence-corrected chi connectivity index (χ3v) is 3.42. The summed E-state index contributed by atoms with van der Waals surface area (Å²) in [5, 5.41) is 11.4. The second-order valence-electron chi connectivity index (χ2n) is 4.73. The highest BCUT2D eigenvalue weighted by Crippen LogP contribution is 2.28. The topological polar surface area (TPSA) is 62.2 Å². The fraction of sp³-hybridized carbons (Fsp3) is 0.200. The van der Waals surface area contributed by atoms with E-state index < -0.39 is 11.9 Å². The van der Waals surface area contributed by atoms with Crippen molar-refractivity contribution in [1.82, 2.24) is 10.3 Å². The van der Waals surface area contributed by atoms with Crippen LogP contribution >= 0.6 is 11.6 Å². The fourth-order valence-electron chi connectivity index (χ4n) is 2.23. The molecule has 110 valence electrons. The molecule has 4 nitrogen and oxygen atoms in total. The van der Waals surface area contributed by atoms with E-state index in [-0.39, 0.29) is 11.2 Å². The number of amides is 1. The normalized spacial score (nSPS) is 12.0. The van der Waals surface area contributed by atoms with Gasteiger partial charge in [0, 0.05) is 5.56 Å². The highest BCUT2D eigenvalue weighted by Gasteiger charge is 2.13. The van der Waals surface area contributed by atoms with Gasteiger partial charge in [-0.3, -0.25) is 0 Å². The Morgan fingerprint density at radius 3 is 2.76 bits per heavy atom. The lowest BCUT2D eigenvalue weighted by molar-refractivity contribution is 0.191. The monoisotopic (exact) mass is 308 g/mol. The van der Waals surface area contributed by atoms with Crippen LogP contribution in [0.25, 0.3) is 11.1 Å². The van der Waals surface area contributed by atoms with Crippen LogP contribution in [0.1, 0.15) is 24.1 Å². The van der Waals surface area contributed by atoms with E-state index in [2.05, 4.69) is 10.3 Å². The summed E-state index contributed by atoms with van der Waals surface area (Å²) >= 11 is 5.79. The first-order valence-electron chi connectivity index (χ1n) is 6.30. The Balaban J connectivity index is 2.39. The van der Waals surface area contributed by atoms with Gasteiger partial charge in [-0.25, -0.2) is 14.2 Å². The van der Waals surface area contributed by atoms with Gasteiger partial charge in [0.15, 0.2) is 0 Å². The Labute approximate surface area is 126 Å². The molecule has 6 heteroatoms. The first-order valence-corrected chi connectivity index (χ1v) is 6.67. The molecule has 0 spiro atoms. The molecule has 0 aliphatic heterocycles. The molecule has 1 aromatic carbocycles. The number of carboxylic acid groups (broad SMARTS) is 1. The third kappa shape index (κ3) is 3.49. The minimum Gasteiger partial charge on any atom is -0.465 e. The maximum absolute atomic E-state index is 13.8. The molecule has 0 saturated carbocycles. The highest BCUT2D eigenvalue weighted by molar-refractivity contribution is 6.29. The molecule has 0 saturated heterocycles. The fourth-order valence-corrected chi connectivity index (χ4v) is 2.38. The summed E-state index contributed by atoms with van der Waals surface area (Å²) in [6.45, 7) is 3.60. The maximum atomic E-state index is 13.8. The molecule has 1 amide bonds. The molecule has 0 fully saturated rings. The average molecular weight is 309 g/mol. The van der Waals surface area contributed by atoms with E-state index in [1.165, 1.54) is 6.07 Å². The number of carbonyl (C=O) groups is 1. The third-order valence-electron chi connectivity index (χ3n) is 3.21. The molecule has 21 heavy (non-hydrogen) atoms. The summed E-state index contributed by atoms with van der Waals surface area (Å²) in [7, 11) is 0. The highest BCUT2D eigenvalue weighted by atomic mass is 35.5. The summed E-state index contributed by atoms with van der Waals surface area (Å²) < 4.78 is 13.8.